The van der Waals surface area contributed by atoms with Crippen LogP contribution in [0, 0.1) is 6.92 Å². The molecule has 0 spiro atoms. The van der Waals surface area contributed by atoms with Crippen molar-refractivity contribution in [3.63, 3.8) is 0 Å². The highest BCUT2D eigenvalue weighted by Crippen LogP contribution is 2.22. The van der Waals surface area contributed by atoms with E-state index in [9.17, 15) is 14.4 Å². The average Bonchev–Trinajstić information content (AvgIpc) is 2.51. The Morgan fingerprint density at radius 1 is 1.42 bits per heavy atom. The molecule has 0 saturated heterocycles. The summed E-state index contributed by atoms with van der Waals surface area (Å²) in [7, 11) is 1.23. The molecule has 1 heterocycles. The molecule has 0 bridgehead atoms. The summed E-state index contributed by atoms with van der Waals surface area (Å²) in [6.45, 7) is 1.56. The fourth-order valence-electron chi connectivity index (χ4n) is 1.90. The number of nitrogens with zero attached hydrogens (tertiary/aromatic N) is 1. The topological polar surface area (TPSA) is 101 Å². The maximum atomic E-state index is 12.0. The minimum atomic E-state index is -0.631. The minimum Gasteiger partial charge on any atom is -0.465 e. The van der Waals surface area contributed by atoms with Crippen LogP contribution in [0.15, 0.2) is 34.1 Å². The lowest BCUT2D eigenvalue weighted by atomic mass is 10.2. The third-order valence-corrected chi connectivity index (χ3v) is 4.13. The van der Waals surface area contributed by atoms with Gasteiger partial charge in [-0.15, -0.1) is 0 Å². The van der Waals surface area contributed by atoms with Gasteiger partial charge in [0.15, 0.2) is 0 Å². The molecule has 126 valence electrons. The zero-order valence-electron chi connectivity index (χ0n) is 12.9. The first-order chi connectivity index (χ1) is 11.4. The summed E-state index contributed by atoms with van der Waals surface area (Å²) in [4.78, 5) is 41.5. The first-order valence-corrected chi connectivity index (χ1v) is 8.14. The molecule has 1 aromatic carbocycles. The number of hydrogen-bond acceptors (Lipinski definition) is 6. The van der Waals surface area contributed by atoms with Crippen molar-refractivity contribution in [1.29, 1.82) is 0 Å². The van der Waals surface area contributed by atoms with Gasteiger partial charge in [-0.1, -0.05) is 29.4 Å². The summed E-state index contributed by atoms with van der Waals surface area (Å²) in [5.74, 6) is -0.987. The molecular weight excluding hydrogens is 354 g/mol. The number of anilines is 1. The Morgan fingerprint density at radius 3 is 2.83 bits per heavy atom. The zero-order valence-corrected chi connectivity index (χ0v) is 14.5. The molecule has 2 N–H and O–H groups in total. The molecule has 0 aliphatic rings. The maximum Gasteiger partial charge on any atom is 0.346 e. The number of thioether (sulfide) groups is 1. The number of ether oxygens (including phenoxy) is 1. The Balaban J connectivity index is 2.12. The second-order valence-corrected chi connectivity index (χ2v) is 6.09. The van der Waals surface area contributed by atoms with E-state index >= 15 is 0 Å². The smallest absolute Gasteiger partial charge is 0.346 e. The van der Waals surface area contributed by atoms with E-state index in [1.165, 1.54) is 7.11 Å². The third-order valence-electron chi connectivity index (χ3n) is 2.92. The molecule has 0 fully saturated rings. The van der Waals surface area contributed by atoms with Gasteiger partial charge < -0.3 is 15.0 Å². The highest BCUT2D eigenvalue weighted by atomic mass is 35.5. The van der Waals surface area contributed by atoms with Crippen LogP contribution in [0.3, 0.4) is 0 Å². The molecule has 24 heavy (non-hydrogen) atoms. The first-order valence-electron chi connectivity index (χ1n) is 6.78. The molecule has 0 radical (unpaired) electrons. The Hall–Kier alpha value is -2.32. The van der Waals surface area contributed by atoms with Gasteiger partial charge >= 0.3 is 11.7 Å². The summed E-state index contributed by atoms with van der Waals surface area (Å²) in [5, 5.41) is 3.31. The lowest BCUT2D eigenvalue weighted by molar-refractivity contribution is -0.113. The van der Waals surface area contributed by atoms with Crippen LogP contribution in [0.4, 0.5) is 5.69 Å². The number of H-pyrrole nitrogens is 1. The van der Waals surface area contributed by atoms with Crippen molar-refractivity contribution in [2.45, 2.75) is 11.9 Å². The van der Waals surface area contributed by atoms with Crippen molar-refractivity contribution in [1.82, 2.24) is 9.97 Å². The monoisotopic (exact) mass is 367 g/mol. The van der Waals surface area contributed by atoms with Crippen molar-refractivity contribution in [2.75, 3.05) is 18.2 Å². The van der Waals surface area contributed by atoms with Crippen LogP contribution < -0.4 is 11.0 Å². The molecule has 1 aromatic heterocycles. The van der Waals surface area contributed by atoms with Gasteiger partial charge in [0.05, 0.1) is 12.9 Å². The highest BCUT2D eigenvalue weighted by molar-refractivity contribution is 8.00. The number of rotatable bonds is 5. The maximum absolute atomic E-state index is 12.0. The van der Waals surface area contributed by atoms with E-state index in [4.69, 9.17) is 11.6 Å². The Labute approximate surface area is 146 Å². The third kappa shape index (κ3) is 4.59. The fraction of sp³-hybridized carbons (Fsp3) is 0.200. The fourth-order valence-corrected chi connectivity index (χ4v) is 2.96. The lowest BCUT2D eigenvalue weighted by Gasteiger charge is -2.09. The number of nitrogens with one attached hydrogen (secondary N) is 2. The number of benzene rings is 1. The normalized spacial score (nSPS) is 10.3. The van der Waals surface area contributed by atoms with Gasteiger partial charge in [-0.2, -0.15) is 4.98 Å². The molecule has 1 amide bonds. The van der Waals surface area contributed by atoms with Crippen LogP contribution in [0.25, 0.3) is 0 Å². The second kappa shape index (κ2) is 7.98. The average molecular weight is 368 g/mol. The SMILES string of the molecule is COC(=O)c1c(SCC(=O)Nc2cccc(Cl)c2)nc(=O)[nH]c1C. The van der Waals surface area contributed by atoms with E-state index < -0.39 is 11.7 Å². The van der Waals surface area contributed by atoms with Crippen molar-refractivity contribution >= 4 is 40.9 Å². The molecule has 2 aromatic rings. The van der Waals surface area contributed by atoms with Crippen molar-refractivity contribution < 1.29 is 14.3 Å². The second-order valence-electron chi connectivity index (χ2n) is 4.69. The van der Waals surface area contributed by atoms with E-state index in [1.54, 1.807) is 31.2 Å². The standard InChI is InChI=1S/C15H14ClN3O4S/c1-8-12(14(21)23-2)13(19-15(22)17-8)24-7-11(20)18-10-5-3-4-9(16)6-10/h3-6H,7H2,1-2H3,(H,18,20)(H,17,19,22). The summed E-state index contributed by atoms with van der Waals surface area (Å²) < 4.78 is 4.68. The number of halogens is 1. The van der Waals surface area contributed by atoms with E-state index in [0.29, 0.717) is 16.4 Å². The number of carbonyl (C=O) groups is 2. The molecule has 0 aliphatic heterocycles. The van der Waals surface area contributed by atoms with Crippen LogP contribution in [0.2, 0.25) is 5.02 Å². The molecule has 0 aliphatic carbocycles. The van der Waals surface area contributed by atoms with Gasteiger partial charge in [-0.05, 0) is 25.1 Å². The summed E-state index contributed by atoms with van der Waals surface area (Å²) >= 11 is 6.83. The number of amides is 1. The largest absolute Gasteiger partial charge is 0.465 e. The highest BCUT2D eigenvalue weighted by Gasteiger charge is 2.19. The summed E-state index contributed by atoms with van der Waals surface area (Å²) in [6, 6.07) is 6.71. The number of aryl methyl sites for hydroxylation is 1. The Bertz CT molecular complexity index is 838. The number of carbonyl (C=O) groups excluding carboxylic acids is 2. The van der Waals surface area contributed by atoms with Crippen molar-refractivity contribution in [3.05, 3.63) is 51.0 Å². The van der Waals surface area contributed by atoms with Gasteiger partial charge in [-0.25, -0.2) is 9.59 Å². The molecule has 0 saturated carbocycles. The van der Waals surface area contributed by atoms with Crippen molar-refractivity contribution in [3.8, 4) is 0 Å². The molecule has 0 atom stereocenters. The predicted octanol–water partition coefficient (Wildman–Crippen LogP) is 2.25. The number of hydrogen-bond donors (Lipinski definition) is 2. The molecule has 0 unspecified atom stereocenters. The summed E-state index contributed by atoms with van der Waals surface area (Å²) in [5.41, 5.74) is 0.423. The number of aromatic nitrogens is 2. The van der Waals surface area contributed by atoms with Gasteiger partial charge in [0.2, 0.25) is 5.91 Å². The predicted molar refractivity (Wildman–Crippen MR) is 91.7 cm³/mol. The molecule has 9 heteroatoms. The van der Waals surface area contributed by atoms with Gasteiger partial charge in [0.1, 0.15) is 10.6 Å². The Morgan fingerprint density at radius 2 is 2.17 bits per heavy atom. The number of methoxy groups -OCH3 is 1. The van der Waals surface area contributed by atoms with Gasteiger partial charge in [0.25, 0.3) is 0 Å². The Kier molecular flexibility index (Phi) is 5.99. The van der Waals surface area contributed by atoms with Gasteiger partial charge in [-0.3, -0.25) is 4.79 Å². The van der Waals surface area contributed by atoms with Gasteiger partial charge in [0, 0.05) is 16.4 Å². The number of esters is 1. The lowest BCUT2D eigenvalue weighted by Crippen LogP contribution is -2.20. The first kappa shape index (κ1) is 18.0. The quantitative estimate of drug-likeness (QED) is 0.477. The van der Waals surface area contributed by atoms with Crippen LogP contribution >= 0.6 is 23.4 Å². The molecular formula is C15H14ClN3O4S. The van der Waals surface area contributed by atoms with Crippen LogP contribution in [-0.2, 0) is 9.53 Å². The van der Waals surface area contributed by atoms with Crippen LogP contribution in [-0.4, -0.2) is 34.7 Å². The van der Waals surface area contributed by atoms with Crippen LogP contribution in [0.5, 0.6) is 0 Å². The molecule has 2 rings (SSSR count). The van der Waals surface area contributed by atoms with E-state index in [0.717, 1.165) is 11.8 Å². The van der Waals surface area contributed by atoms with E-state index in [2.05, 4.69) is 20.0 Å². The minimum absolute atomic E-state index is 0.0353. The summed E-state index contributed by atoms with van der Waals surface area (Å²) in [6.07, 6.45) is 0. The zero-order chi connectivity index (χ0) is 17.7. The van der Waals surface area contributed by atoms with Crippen LogP contribution in [0.1, 0.15) is 16.1 Å². The van der Waals surface area contributed by atoms with E-state index in [1.807, 2.05) is 0 Å². The van der Waals surface area contributed by atoms with E-state index in [-0.39, 0.29) is 22.2 Å². The molecule has 7 nitrogen and oxygen atoms in total. The number of aromatic amines is 1. The van der Waals surface area contributed by atoms with Crippen molar-refractivity contribution in [2.24, 2.45) is 0 Å².